The zero-order valence-electron chi connectivity index (χ0n) is 16.1. The second-order valence-corrected chi connectivity index (χ2v) is 7.55. The van der Waals surface area contributed by atoms with Crippen LogP contribution in [-0.2, 0) is 4.79 Å². The number of aromatic nitrogens is 3. The molecule has 1 aliphatic rings. The van der Waals surface area contributed by atoms with Gasteiger partial charge in [-0.2, -0.15) is 0 Å². The Hall–Kier alpha value is -2.55. The third kappa shape index (κ3) is 4.83. The highest BCUT2D eigenvalue weighted by Gasteiger charge is 2.24. The lowest BCUT2D eigenvalue weighted by Crippen LogP contribution is -2.38. The first-order valence-corrected chi connectivity index (χ1v) is 10.3. The van der Waals surface area contributed by atoms with E-state index < -0.39 is 6.03 Å². The third-order valence-electron chi connectivity index (χ3n) is 4.76. The number of nitrogens with zero attached hydrogens (tertiary/aromatic N) is 3. The van der Waals surface area contributed by atoms with Crippen molar-refractivity contribution in [1.29, 1.82) is 0 Å². The van der Waals surface area contributed by atoms with Crippen LogP contribution in [0.25, 0.3) is 11.4 Å². The fourth-order valence-corrected chi connectivity index (χ4v) is 4.14. The molecule has 0 spiro atoms. The first-order chi connectivity index (χ1) is 13.6. The Morgan fingerprint density at radius 1 is 1.18 bits per heavy atom. The highest BCUT2D eigenvalue weighted by atomic mass is 32.2. The fourth-order valence-electron chi connectivity index (χ4n) is 3.34. The van der Waals surface area contributed by atoms with E-state index in [9.17, 15) is 9.59 Å². The average Bonchev–Trinajstić information content (AvgIpc) is 3.16. The van der Waals surface area contributed by atoms with Gasteiger partial charge in [-0.15, -0.1) is 10.2 Å². The van der Waals surface area contributed by atoms with Gasteiger partial charge in [-0.05, 0) is 37.1 Å². The quantitative estimate of drug-likeness (QED) is 0.720. The predicted molar refractivity (Wildman–Crippen MR) is 107 cm³/mol. The predicted octanol–water partition coefficient (Wildman–Crippen LogP) is 3.01. The van der Waals surface area contributed by atoms with Gasteiger partial charge in [-0.3, -0.25) is 14.7 Å². The van der Waals surface area contributed by atoms with Gasteiger partial charge in [0.25, 0.3) is 0 Å². The molecule has 1 aliphatic carbocycles. The molecule has 3 rings (SSSR count). The summed E-state index contributed by atoms with van der Waals surface area (Å²) >= 11 is 1.30. The summed E-state index contributed by atoms with van der Waals surface area (Å²) < 4.78 is 7.39. The highest BCUT2D eigenvalue weighted by Crippen LogP contribution is 2.35. The van der Waals surface area contributed by atoms with E-state index in [1.54, 1.807) is 7.11 Å². The number of hydrogen-bond donors (Lipinski definition) is 2. The Balaban J connectivity index is 1.83. The first-order valence-electron chi connectivity index (χ1n) is 9.36. The summed E-state index contributed by atoms with van der Waals surface area (Å²) in [5.41, 5.74) is 0.959. The number of imide groups is 1. The molecule has 28 heavy (non-hydrogen) atoms. The molecule has 0 bridgehead atoms. The second-order valence-electron chi connectivity index (χ2n) is 6.61. The van der Waals surface area contributed by atoms with Crippen LogP contribution in [0, 0.1) is 0 Å². The molecule has 0 unspecified atom stereocenters. The Morgan fingerprint density at radius 2 is 1.89 bits per heavy atom. The van der Waals surface area contributed by atoms with E-state index >= 15 is 0 Å². The number of ether oxygens (including phenoxy) is 1. The lowest BCUT2D eigenvalue weighted by molar-refractivity contribution is -0.117. The minimum atomic E-state index is -0.515. The van der Waals surface area contributed by atoms with Crippen molar-refractivity contribution >= 4 is 23.7 Å². The van der Waals surface area contributed by atoms with Crippen LogP contribution in [0.3, 0.4) is 0 Å². The molecule has 1 heterocycles. The number of carbonyl (C=O) groups excluding carboxylic acids is 2. The third-order valence-corrected chi connectivity index (χ3v) is 5.71. The van der Waals surface area contributed by atoms with Crippen LogP contribution in [0.5, 0.6) is 5.75 Å². The zero-order chi connectivity index (χ0) is 19.9. The maximum Gasteiger partial charge on any atom is 0.321 e. The van der Waals surface area contributed by atoms with Crippen LogP contribution < -0.4 is 15.4 Å². The van der Waals surface area contributed by atoms with E-state index in [2.05, 4.69) is 25.4 Å². The van der Waals surface area contributed by atoms with Gasteiger partial charge in [0.15, 0.2) is 11.0 Å². The van der Waals surface area contributed by atoms with Crippen molar-refractivity contribution in [2.75, 3.05) is 19.9 Å². The fraction of sp³-hybridized carbons (Fsp3) is 0.474. The molecule has 3 amide bonds. The van der Waals surface area contributed by atoms with Crippen LogP contribution in [0.2, 0.25) is 0 Å². The zero-order valence-corrected chi connectivity index (χ0v) is 16.9. The van der Waals surface area contributed by atoms with Crippen molar-refractivity contribution in [2.45, 2.75) is 43.3 Å². The van der Waals surface area contributed by atoms with E-state index in [0.717, 1.165) is 30.0 Å². The van der Waals surface area contributed by atoms with Crippen molar-refractivity contribution in [1.82, 2.24) is 25.4 Å². The maximum absolute atomic E-state index is 12.0. The van der Waals surface area contributed by atoms with E-state index in [1.807, 2.05) is 24.3 Å². The van der Waals surface area contributed by atoms with Gasteiger partial charge >= 0.3 is 6.03 Å². The number of methoxy groups -OCH3 is 1. The molecule has 8 nitrogen and oxygen atoms in total. The summed E-state index contributed by atoms with van der Waals surface area (Å²) in [6.07, 6.45) is 5.73. The molecule has 9 heteroatoms. The monoisotopic (exact) mass is 403 g/mol. The van der Waals surface area contributed by atoms with Crippen molar-refractivity contribution < 1.29 is 14.3 Å². The largest absolute Gasteiger partial charge is 0.497 e. The van der Waals surface area contributed by atoms with Crippen molar-refractivity contribution in [3.8, 4) is 17.1 Å². The molecule has 1 saturated carbocycles. The van der Waals surface area contributed by atoms with Crippen molar-refractivity contribution in [3.05, 3.63) is 24.3 Å². The number of benzene rings is 1. The number of carbonyl (C=O) groups is 2. The van der Waals surface area contributed by atoms with Crippen LogP contribution >= 0.6 is 11.8 Å². The second kappa shape index (κ2) is 9.59. The van der Waals surface area contributed by atoms with Crippen LogP contribution in [0.15, 0.2) is 29.4 Å². The van der Waals surface area contributed by atoms with Crippen LogP contribution in [0.4, 0.5) is 4.79 Å². The Bertz CT molecular complexity index is 815. The average molecular weight is 404 g/mol. The van der Waals surface area contributed by atoms with Gasteiger partial charge in [-0.1, -0.05) is 31.0 Å². The van der Waals surface area contributed by atoms with Gasteiger partial charge in [0.1, 0.15) is 5.75 Å². The van der Waals surface area contributed by atoms with E-state index in [-0.39, 0.29) is 11.7 Å². The van der Waals surface area contributed by atoms with Gasteiger partial charge < -0.3 is 10.1 Å². The maximum atomic E-state index is 12.0. The number of nitrogens with one attached hydrogen (secondary N) is 2. The van der Waals surface area contributed by atoms with E-state index in [1.165, 1.54) is 38.1 Å². The molecule has 1 fully saturated rings. The Kier molecular flexibility index (Phi) is 6.91. The summed E-state index contributed by atoms with van der Waals surface area (Å²) in [4.78, 5) is 23.2. The number of hydrogen-bond acceptors (Lipinski definition) is 6. The van der Waals surface area contributed by atoms with E-state index in [4.69, 9.17) is 4.74 Å². The lowest BCUT2D eigenvalue weighted by atomic mass is 9.95. The summed E-state index contributed by atoms with van der Waals surface area (Å²) in [6, 6.07) is 7.53. The number of urea groups is 1. The van der Waals surface area contributed by atoms with Gasteiger partial charge in [0.05, 0.1) is 12.9 Å². The number of amides is 3. The van der Waals surface area contributed by atoms with Crippen molar-refractivity contribution in [3.63, 3.8) is 0 Å². The molecule has 0 saturated heterocycles. The molecule has 0 aliphatic heterocycles. The molecule has 0 atom stereocenters. The van der Waals surface area contributed by atoms with Crippen LogP contribution in [0.1, 0.15) is 38.1 Å². The molecule has 150 valence electrons. The molecular weight excluding hydrogens is 378 g/mol. The highest BCUT2D eigenvalue weighted by molar-refractivity contribution is 7.99. The minimum absolute atomic E-state index is 0.0981. The summed E-state index contributed by atoms with van der Waals surface area (Å²) in [5.74, 6) is 1.31. The Labute approximate surface area is 168 Å². The molecular formula is C19H25N5O3S. The summed E-state index contributed by atoms with van der Waals surface area (Å²) in [7, 11) is 3.11. The normalized spacial score (nSPS) is 14.5. The van der Waals surface area contributed by atoms with Gasteiger partial charge in [0.2, 0.25) is 5.91 Å². The number of rotatable bonds is 6. The van der Waals surface area contributed by atoms with Crippen molar-refractivity contribution in [2.24, 2.45) is 0 Å². The van der Waals surface area contributed by atoms with Crippen LogP contribution in [-0.4, -0.2) is 46.6 Å². The molecule has 1 aromatic carbocycles. The van der Waals surface area contributed by atoms with Gasteiger partial charge in [0, 0.05) is 18.7 Å². The molecule has 0 radical (unpaired) electrons. The summed E-state index contributed by atoms with van der Waals surface area (Å²) in [6.45, 7) is 0. The lowest BCUT2D eigenvalue weighted by Gasteiger charge is -2.25. The van der Waals surface area contributed by atoms with E-state index in [0.29, 0.717) is 11.2 Å². The summed E-state index contributed by atoms with van der Waals surface area (Å²) in [5, 5.41) is 14.1. The number of thioether (sulfide) groups is 1. The first kappa shape index (κ1) is 20.2. The Morgan fingerprint density at radius 3 is 2.54 bits per heavy atom. The van der Waals surface area contributed by atoms with Gasteiger partial charge in [-0.25, -0.2) is 4.79 Å². The standard InChI is InChI=1S/C19H25N5O3S/c1-20-18(26)21-16(25)12-28-19-23-22-17(13-8-10-15(27-2)11-9-13)24(19)14-6-4-3-5-7-14/h8-11,14H,3-7,12H2,1-2H3,(H2,20,21,25,26). The molecule has 2 aromatic rings. The minimum Gasteiger partial charge on any atom is -0.497 e. The SMILES string of the molecule is CNC(=O)NC(=O)CSc1nnc(-c2ccc(OC)cc2)n1C1CCCCC1. The molecule has 1 aromatic heterocycles. The molecule has 2 N–H and O–H groups in total. The smallest absolute Gasteiger partial charge is 0.321 e. The topological polar surface area (TPSA) is 98.1 Å².